The van der Waals surface area contributed by atoms with E-state index < -0.39 is 12.0 Å². The van der Waals surface area contributed by atoms with E-state index in [0.717, 1.165) is 13.0 Å². The first-order valence-corrected chi connectivity index (χ1v) is 5.60. The van der Waals surface area contributed by atoms with Gasteiger partial charge in [0.25, 0.3) is 0 Å². The first-order valence-electron chi connectivity index (χ1n) is 5.60. The van der Waals surface area contributed by atoms with Crippen LogP contribution in [0, 0.1) is 0 Å². The second kappa shape index (κ2) is 4.26. The van der Waals surface area contributed by atoms with Crippen LogP contribution in [0.1, 0.15) is 24.0 Å². The quantitative estimate of drug-likeness (QED) is 0.838. The molecule has 2 atom stereocenters. The number of hydrogen-bond donors (Lipinski definition) is 1. The van der Waals surface area contributed by atoms with E-state index in [2.05, 4.69) is 18.2 Å². The summed E-state index contributed by atoms with van der Waals surface area (Å²) in [5, 5.41) is 8.91. The second-order valence-electron chi connectivity index (χ2n) is 4.55. The molecule has 0 saturated heterocycles. The summed E-state index contributed by atoms with van der Waals surface area (Å²) >= 11 is 0. The summed E-state index contributed by atoms with van der Waals surface area (Å²) in [6, 6.07) is 7.98. The predicted octanol–water partition coefficient (Wildman–Crippen LogP) is 1.73. The van der Waals surface area contributed by atoms with Gasteiger partial charge in [0.2, 0.25) is 0 Å². The first kappa shape index (κ1) is 11.1. The van der Waals surface area contributed by atoms with Crippen LogP contribution in [0.5, 0.6) is 0 Å². The van der Waals surface area contributed by atoms with Crippen LogP contribution in [0.25, 0.3) is 0 Å². The molecule has 0 bridgehead atoms. The molecule has 0 radical (unpaired) electrons. The predicted molar refractivity (Wildman–Crippen MR) is 62.6 cm³/mol. The SMILES string of the molecule is CC(C(=O)O)N(C)CC1Cc2ccccc21. The molecule has 0 heterocycles. The number of carbonyl (C=O) groups is 1. The highest BCUT2D eigenvalue weighted by atomic mass is 16.4. The fraction of sp³-hybridized carbons (Fsp3) is 0.462. The minimum Gasteiger partial charge on any atom is -0.480 e. The second-order valence-corrected chi connectivity index (χ2v) is 4.55. The molecule has 16 heavy (non-hydrogen) atoms. The highest BCUT2D eigenvalue weighted by molar-refractivity contribution is 5.72. The van der Waals surface area contributed by atoms with Gasteiger partial charge in [-0.3, -0.25) is 9.69 Å². The normalized spacial score (nSPS) is 20.1. The van der Waals surface area contributed by atoms with Crippen molar-refractivity contribution in [3.63, 3.8) is 0 Å². The maximum Gasteiger partial charge on any atom is 0.320 e. The number of fused-ring (bicyclic) bond motifs is 1. The molecule has 1 aliphatic carbocycles. The Balaban J connectivity index is 1.97. The molecule has 1 aromatic rings. The summed E-state index contributed by atoms with van der Waals surface area (Å²) in [4.78, 5) is 12.7. The van der Waals surface area contributed by atoms with E-state index in [4.69, 9.17) is 5.11 Å². The van der Waals surface area contributed by atoms with Gasteiger partial charge in [-0.05, 0) is 31.5 Å². The van der Waals surface area contributed by atoms with Gasteiger partial charge in [0, 0.05) is 12.5 Å². The summed E-state index contributed by atoms with van der Waals surface area (Å²) in [6.07, 6.45) is 1.08. The number of carboxylic acids is 1. The molecule has 1 aromatic carbocycles. The molecule has 1 N–H and O–H groups in total. The largest absolute Gasteiger partial charge is 0.480 e. The Morgan fingerprint density at radius 3 is 2.88 bits per heavy atom. The van der Waals surface area contributed by atoms with Crippen molar-refractivity contribution in [3.05, 3.63) is 35.4 Å². The maximum atomic E-state index is 10.8. The zero-order valence-corrected chi connectivity index (χ0v) is 9.68. The molecule has 0 amide bonds. The molecule has 0 aromatic heterocycles. The van der Waals surface area contributed by atoms with Crippen LogP contribution in [0.4, 0.5) is 0 Å². The number of rotatable bonds is 4. The molecule has 3 nitrogen and oxygen atoms in total. The molecule has 3 heteroatoms. The molecular weight excluding hydrogens is 202 g/mol. The maximum absolute atomic E-state index is 10.8. The van der Waals surface area contributed by atoms with Gasteiger partial charge in [-0.2, -0.15) is 0 Å². The van der Waals surface area contributed by atoms with Crippen molar-refractivity contribution in [2.24, 2.45) is 0 Å². The molecule has 1 aliphatic rings. The highest BCUT2D eigenvalue weighted by Crippen LogP contribution is 2.35. The Hall–Kier alpha value is -1.35. The number of aliphatic carboxylic acids is 1. The van der Waals surface area contributed by atoms with Gasteiger partial charge in [-0.15, -0.1) is 0 Å². The molecule has 86 valence electrons. The number of likely N-dealkylation sites (N-methyl/N-ethyl adjacent to an activating group) is 1. The van der Waals surface area contributed by atoms with Crippen molar-refractivity contribution in [2.45, 2.75) is 25.3 Å². The van der Waals surface area contributed by atoms with Gasteiger partial charge in [0.05, 0.1) is 0 Å². The van der Waals surface area contributed by atoms with E-state index in [9.17, 15) is 4.79 Å². The highest BCUT2D eigenvalue weighted by Gasteiger charge is 2.28. The lowest BCUT2D eigenvalue weighted by Gasteiger charge is -2.34. The van der Waals surface area contributed by atoms with Gasteiger partial charge in [0.15, 0.2) is 0 Å². The monoisotopic (exact) mass is 219 g/mol. The summed E-state index contributed by atoms with van der Waals surface area (Å²) in [5.74, 6) is -0.252. The average Bonchev–Trinajstić information content (AvgIpc) is 2.24. The zero-order chi connectivity index (χ0) is 11.7. The number of nitrogens with zero attached hydrogens (tertiary/aromatic N) is 1. The lowest BCUT2D eigenvalue weighted by Crippen LogP contribution is -2.40. The van der Waals surface area contributed by atoms with Crippen LogP contribution in [-0.4, -0.2) is 35.6 Å². The molecule has 0 spiro atoms. The number of carboxylic acid groups (broad SMARTS) is 1. The number of hydrogen-bond acceptors (Lipinski definition) is 2. The minimum atomic E-state index is -0.755. The third-order valence-corrected chi connectivity index (χ3v) is 3.49. The number of benzene rings is 1. The molecular formula is C13H17NO2. The Morgan fingerprint density at radius 1 is 1.56 bits per heavy atom. The van der Waals surface area contributed by atoms with E-state index in [1.54, 1.807) is 6.92 Å². The lowest BCUT2D eigenvalue weighted by molar-refractivity contribution is -0.142. The molecule has 0 saturated carbocycles. The third-order valence-electron chi connectivity index (χ3n) is 3.49. The van der Waals surface area contributed by atoms with Gasteiger partial charge in [-0.25, -0.2) is 0 Å². The Kier molecular flexibility index (Phi) is 2.97. The third kappa shape index (κ3) is 1.95. The van der Waals surface area contributed by atoms with Crippen LogP contribution in [0.3, 0.4) is 0 Å². The van der Waals surface area contributed by atoms with Crippen molar-refractivity contribution >= 4 is 5.97 Å². The van der Waals surface area contributed by atoms with E-state index in [0.29, 0.717) is 5.92 Å². The summed E-state index contributed by atoms with van der Waals surface area (Å²) in [6.45, 7) is 2.55. The Labute approximate surface area is 95.7 Å². The standard InChI is InChI=1S/C13H17NO2/c1-9(13(15)16)14(2)8-11-7-10-5-3-4-6-12(10)11/h3-6,9,11H,7-8H2,1-2H3,(H,15,16). The van der Waals surface area contributed by atoms with E-state index in [-0.39, 0.29) is 0 Å². The Bertz CT molecular complexity index is 403. The topological polar surface area (TPSA) is 40.5 Å². The summed E-state index contributed by atoms with van der Waals surface area (Å²) < 4.78 is 0. The Morgan fingerprint density at radius 2 is 2.25 bits per heavy atom. The van der Waals surface area contributed by atoms with Crippen molar-refractivity contribution in [2.75, 3.05) is 13.6 Å². The lowest BCUT2D eigenvalue weighted by atomic mass is 9.77. The van der Waals surface area contributed by atoms with E-state index in [1.165, 1.54) is 11.1 Å². The molecule has 0 fully saturated rings. The fourth-order valence-electron chi connectivity index (χ4n) is 2.22. The average molecular weight is 219 g/mol. The minimum absolute atomic E-state index is 0.409. The summed E-state index contributed by atoms with van der Waals surface area (Å²) in [7, 11) is 1.87. The van der Waals surface area contributed by atoms with E-state index in [1.807, 2.05) is 18.0 Å². The van der Waals surface area contributed by atoms with Gasteiger partial charge >= 0.3 is 5.97 Å². The van der Waals surface area contributed by atoms with Crippen molar-refractivity contribution in [1.82, 2.24) is 4.90 Å². The zero-order valence-electron chi connectivity index (χ0n) is 9.68. The van der Waals surface area contributed by atoms with Crippen molar-refractivity contribution < 1.29 is 9.90 Å². The molecule has 0 aliphatic heterocycles. The van der Waals surface area contributed by atoms with Crippen LogP contribution in [-0.2, 0) is 11.2 Å². The van der Waals surface area contributed by atoms with Crippen LogP contribution in [0.2, 0.25) is 0 Å². The van der Waals surface area contributed by atoms with Gasteiger partial charge in [0.1, 0.15) is 6.04 Å². The van der Waals surface area contributed by atoms with Crippen LogP contribution in [0.15, 0.2) is 24.3 Å². The van der Waals surface area contributed by atoms with Crippen molar-refractivity contribution in [1.29, 1.82) is 0 Å². The first-order chi connectivity index (χ1) is 7.59. The summed E-state index contributed by atoms with van der Waals surface area (Å²) in [5.41, 5.74) is 2.79. The van der Waals surface area contributed by atoms with Gasteiger partial charge in [-0.1, -0.05) is 24.3 Å². The molecule has 2 unspecified atom stereocenters. The van der Waals surface area contributed by atoms with Gasteiger partial charge < -0.3 is 5.11 Å². The molecule has 2 rings (SSSR count). The van der Waals surface area contributed by atoms with Crippen LogP contribution < -0.4 is 0 Å². The van der Waals surface area contributed by atoms with Crippen LogP contribution >= 0.6 is 0 Å². The van der Waals surface area contributed by atoms with E-state index >= 15 is 0 Å². The smallest absolute Gasteiger partial charge is 0.320 e. The van der Waals surface area contributed by atoms with Crippen molar-refractivity contribution in [3.8, 4) is 0 Å². The fourth-order valence-corrected chi connectivity index (χ4v) is 2.22.